The molecule has 0 unspecified atom stereocenters. The van der Waals surface area contributed by atoms with Crippen LogP contribution in [-0.2, 0) is 19.5 Å². The number of aryl methyl sites for hydroxylation is 1. The second-order valence-corrected chi connectivity index (χ2v) is 4.28. The summed E-state index contributed by atoms with van der Waals surface area (Å²) in [6.45, 7) is 2.88. The lowest BCUT2D eigenvalue weighted by molar-refractivity contribution is 0.492. The summed E-state index contributed by atoms with van der Waals surface area (Å²) in [5.74, 6) is -1.60. The van der Waals surface area contributed by atoms with Gasteiger partial charge in [-0.25, -0.2) is 8.78 Å². The molecule has 2 nitrogen and oxygen atoms in total. The summed E-state index contributed by atoms with van der Waals surface area (Å²) in [5, 5.41) is 3.09. The summed E-state index contributed by atoms with van der Waals surface area (Å²) in [5.41, 5.74) is 2.44. The molecule has 0 radical (unpaired) electrons. The number of hydrogen-bond acceptors (Lipinski definition) is 2. The minimum Gasteiger partial charge on any atom is -0.307 e. The van der Waals surface area contributed by atoms with Crippen molar-refractivity contribution < 1.29 is 8.78 Å². The number of halogens is 2. The van der Waals surface area contributed by atoms with Gasteiger partial charge in [0.1, 0.15) is 0 Å². The van der Waals surface area contributed by atoms with E-state index < -0.39 is 11.6 Å². The van der Waals surface area contributed by atoms with E-state index in [1.165, 1.54) is 6.07 Å². The fourth-order valence-electron chi connectivity index (χ4n) is 1.95. The van der Waals surface area contributed by atoms with Crippen molar-refractivity contribution in [2.45, 2.75) is 26.4 Å². The molecule has 1 N–H and O–H groups in total. The molecule has 0 saturated carbocycles. The molecule has 0 bridgehead atoms. The summed E-state index contributed by atoms with van der Waals surface area (Å²) in [4.78, 5) is 4.29. The highest BCUT2D eigenvalue weighted by Gasteiger charge is 2.07. The van der Waals surface area contributed by atoms with Crippen molar-refractivity contribution in [1.82, 2.24) is 10.3 Å². The Morgan fingerprint density at radius 2 is 1.84 bits per heavy atom. The van der Waals surface area contributed by atoms with Crippen LogP contribution in [-0.4, -0.2) is 4.98 Å². The normalized spacial score (nSPS) is 10.7. The number of pyridine rings is 1. The van der Waals surface area contributed by atoms with Gasteiger partial charge in [-0.2, -0.15) is 0 Å². The Morgan fingerprint density at radius 3 is 2.63 bits per heavy atom. The molecule has 0 amide bonds. The maximum atomic E-state index is 13.4. The van der Waals surface area contributed by atoms with E-state index in [1.807, 2.05) is 12.1 Å². The molecular weight excluding hydrogens is 246 g/mol. The molecule has 1 heterocycles. The summed E-state index contributed by atoms with van der Waals surface area (Å²) in [7, 11) is 0. The first kappa shape index (κ1) is 13.6. The molecule has 2 aromatic rings. The van der Waals surface area contributed by atoms with Crippen molar-refractivity contribution >= 4 is 0 Å². The van der Waals surface area contributed by atoms with Crippen molar-refractivity contribution in [1.29, 1.82) is 0 Å². The smallest absolute Gasteiger partial charge is 0.163 e. The lowest BCUT2D eigenvalue weighted by Crippen LogP contribution is -2.16. The first-order valence-electron chi connectivity index (χ1n) is 6.28. The van der Waals surface area contributed by atoms with Crippen molar-refractivity contribution in [3.05, 3.63) is 65.0 Å². The summed E-state index contributed by atoms with van der Waals surface area (Å²) < 4.78 is 26.5. The van der Waals surface area contributed by atoms with Gasteiger partial charge >= 0.3 is 0 Å². The quantitative estimate of drug-likeness (QED) is 0.895. The zero-order valence-electron chi connectivity index (χ0n) is 10.8. The Balaban J connectivity index is 1.98. The van der Waals surface area contributed by atoms with E-state index in [-0.39, 0.29) is 6.54 Å². The minimum atomic E-state index is -0.814. The van der Waals surface area contributed by atoms with Crippen LogP contribution in [0.25, 0.3) is 0 Å². The summed E-state index contributed by atoms with van der Waals surface area (Å²) >= 11 is 0. The lowest BCUT2D eigenvalue weighted by Gasteiger charge is -2.09. The van der Waals surface area contributed by atoms with Gasteiger partial charge in [0, 0.05) is 24.8 Å². The fourth-order valence-corrected chi connectivity index (χ4v) is 1.95. The van der Waals surface area contributed by atoms with Crippen LogP contribution in [0.3, 0.4) is 0 Å². The number of benzene rings is 1. The molecule has 0 atom stereocenters. The van der Waals surface area contributed by atoms with Crippen molar-refractivity contribution in [2.24, 2.45) is 0 Å². The van der Waals surface area contributed by atoms with E-state index in [4.69, 9.17) is 0 Å². The molecule has 19 heavy (non-hydrogen) atoms. The van der Waals surface area contributed by atoms with Crippen LogP contribution >= 0.6 is 0 Å². The van der Waals surface area contributed by atoms with Crippen LogP contribution in [0.5, 0.6) is 0 Å². The molecule has 4 heteroatoms. The third kappa shape index (κ3) is 3.35. The Kier molecular flexibility index (Phi) is 4.58. The van der Waals surface area contributed by atoms with E-state index in [9.17, 15) is 8.78 Å². The molecule has 0 aliphatic carbocycles. The average molecular weight is 262 g/mol. The number of nitrogens with one attached hydrogen (secondary N) is 1. The van der Waals surface area contributed by atoms with Crippen LogP contribution in [0.2, 0.25) is 0 Å². The van der Waals surface area contributed by atoms with Crippen LogP contribution in [0.15, 0.2) is 36.5 Å². The van der Waals surface area contributed by atoms with Gasteiger partial charge in [0.2, 0.25) is 0 Å². The Bertz CT molecular complexity index is 556. The van der Waals surface area contributed by atoms with Gasteiger partial charge in [-0.05, 0) is 24.1 Å². The average Bonchev–Trinajstić information content (AvgIpc) is 2.44. The second-order valence-electron chi connectivity index (χ2n) is 4.28. The number of hydrogen-bond donors (Lipinski definition) is 1. The van der Waals surface area contributed by atoms with E-state index >= 15 is 0 Å². The van der Waals surface area contributed by atoms with Crippen LogP contribution < -0.4 is 5.32 Å². The topological polar surface area (TPSA) is 24.9 Å². The molecule has 2 rings (SSSR count). The zero-order valence-corrected chi connectivity index (χ0v) is 10.8. The highest BCUT2D eigenvalue weighted by Crippen LogP contribution is 2.11. The largest absolute Gasteiger partial charge is 0.307 e. The molecule has 1 aromatic carbocycles. The van der Waals surface area contributed by atoms with Gasteiger partial charge in [0.05, 0.1) is 5.69 Å². The Hall–Kier alpha value is -1.81. The number of rotatable bonds is 5. The lowest BCUT2D eigenvalue weighted by atomic mass is 10.1. The van der Waals surface area contributed by atoms with Gasteiger partial charge in [-0.15, -0.1) is 0 Å². The monoisotopic (exact) mass is 262 g/mol. The summed E-state index contributed by atoms with van der Waals surface area (Å²) in [6, 6.07) is 8.12. The molecule has 0 spiro atoms. The number of nitrogens with zero attached hydrogens (tertiary/aromatic N) is 1. The molecular formula is C15H16F2N2. The molecule has 100 valence electrons. The Morgan fingerprint density at radius 1 is 1.05 bits per heavy atom. The standard InChI is InChI=1S/C15H16F2N2/c1-2-11-6-4-8-19-14(11)10-18-9-12-5-3-7-13(16)15(12)17/h3-8,18H,2,9-10H2,1H3. The summed E-state index contributed by atoms with van der Waals surface area (Å²) in [6.07, 6.45) is 2.64. The fraction of sp³-hybridized carbons (Fsp3) is 0.267. The van der Waals surface area contributed by atoms with Crippen molar-refractivity contribution in [3.63, 3.8) is 0 Å². The van der Waals surface area contributed by atoms with Gasteiger partial charge in [-0.1, -0.05) is 25.1 Å². The second kappa shape index (κ2) is 6.38. The SMILES string of the molecule is CCc1cccnc1CNCc1cccc(F)c1F. The van der Waals surface area contributed by atoms with E-state index in [0.717, 1.165) is 23.7 Å². The van der Waals surface area contributed by atoms with Crippen LogP contribution in [0.4, 0.5) is 8.78 Å². The first-order chi connectivity index (χ1) is 9.22. The van der Waals surface area contributed by atoms with Crippen LogP contribution in [0.1, 0.15) is 23.7 Å². The maximum absolute atomic E-state index is 13.4. The van der Waals surface area contributed by atoms with E-state index in [0.29, 0.717) is 12.1 Å². The van der Waals surface area contributed by atoms with E-state index in [2.05, 4.69) is 17.2 Å². The zero-order chi connectivity index (χ0) is 13.7. The first-order valence-corrected chi connectivity index (χ1v) is 6.28. The van der Waals surface area contributed by atoms with Crippen molar-refractivity contribution in [2.75, 3.05) is 0 Å². The molecule has 0 saturated heterocycles. The van der Waals surface area contributed by atoms with Crippen LogP contribution in [0, 0.1) is 11.6 Å². The van der Waals surface area contributed by atoms with Crippen molar-refractivity contribution in [3.8, 4) is 0 Å². The van der Waals surface area contributed by atoms with Gasteiger partial charge < -0.3 is 5.32 Å². The Labute approximate surface area is 111 Å². The highest BCUT2D eigenvalue weighted by atomic mass is 19.2. The molecule has 0 fully saturated rings. The third-order valence-electron chi connectivity index (χ3n) is 3.00. The third-order valence-corrected chi connectivity index (χ3v) is 3.00. The predicted octanol–water partition coefficient (Wildman–Crippen LogP) is 3.21. The minimum absolute atomic E-state index is 0.281. The predicted molar refractivity (Wildman–Crippen MR) is 70.5 cm³/mol. The van der Waals surface area contributed by atoms with E-state index in [1.54, 1.807) is 12.3 Å². The molecule has 0 aliphatic rings. The van der Waals surface area contributed by atoms with Gasteiger partial charge in [0.25, 0.3) is 0 Å². The van der Waals surface area contributed by atoms with Gasteiger partial charge in [-0.3, -0.25) is 4.98 Å². The highest BCUT2D eigenvalue weighted by molar-refractivity contribution is 5.21. The van der Waals surface area contributed by atoms with Gasteiger partial charge in [0.15, 0.2) is 11.6 Å². The molecule has 0 aliphatic heterocycles. The molecule has 1 aromatic heterocycles. The maximum Gasteiger partial charge on any atom is 0.163 e. The number of aromatic nitrogens is 1.